The highest BCUT2D eigenvalue weighted by Gasteiger charge is 2.27. The maximum atomic E-state index is 13.7. The average Bonchev–Trinajstić information content (AvgIpc) is 2.95. The van der Waals surface area contributed by atoms with Crippen LogP contribution in [-0.2, 0) is 26.0 Å². The third-order valence-electron chi connectivity index (χ3n) is 7.45. The van der Waals surface area contributed by atoms with E-state index in [0.717, 1.165) is 60.6 Å². The predicted octanol–water partition coefficient (Wildman–Crippen LogP) is 5.76. The Morgan fingerprint density at radius 1 is 0.949 bits per heavy atom. The van der Waals surface area contributed by atoms with E-state index in [-0.39, 0.29) is 17.6 Å². The van der Waals surface area contributed by atoms with Crippen LogP contribution in [0.15, 0.2) is 77.7 Å². The zero-order valence-electron chi connectivity index (χ0n) is 21.7. The fraction of sp³-hybridized carbons (Fsp3) is 0.290. The molecule has 0 atom stereocenters. The molecule has 0 unspecified atom stereocenters. The van der Waals surface area contributed by atoms with Gasteiger partial charge in [0, 0.05) is 24.2 Å². The van der Waals surface area contributed by atoms with Gasteiger partial charge in [0.25, 0.3) is 0 Å². The third-order valence-corrected chi connectivity index (χ3v) is 9.20. The third kappa shape index (κ3) is 6.23. The highest BCUT2D eigenvalue weighted by Crippen LogP contribution is 2.33. The van der Waals surface area contributed by atoms with E-state index in [4.69, 9.17) is 5.11 Å². The largest absolute Gasteiger partial charge is 0.478 e. The molecule has 2 N–H and O–H groups in total. The standard InChI is InChI=1S/C31H32N2O5S/c34-30(35)16-11-22-5-4-8-27(19-22)33(31(36)25-6-2-1-3-7-25)21-23-9-12-24(13-10-23)26-14-15-28-29(20-26)39(37,38)18-17-32-28/h4-5,8-16,19-20,25,32H,1-3,6-7,17-18,21H2,(H,34,35). The van der Waals surface area contributed by atoms with Crippen LogP contribution in [0.2, 0.25) is 0 Å². The van der Waals surface area contributed by atoms with Gasteiger partial charge in [-0.1, -0.05) is 61.7 Å². The van der Waals surface area contributed by atoms with Crippen molar-refractivity contribution in [3.05, 3.63) is 83.9 Å². The molecule has 39 heavy (non-hydrogen) atoms. The molecule has 202 valence electrons. The Hall–Kier alpha value is -3.91. The fourth-order valence-corrected chi connectivity index (χ4v) is 6.72. The van der Waals surface area contributed by atoms with Crippen molar-refractivity contribution in [2.75, 3.05) is 22.5 Å². The first-order valence-corrected chi connectivity index (χ1v) is 15.0. The summed E-state index contributed by atoms with van der Waals surface area (Å²) in [5.41, 5.74) is 4.74. The van der Waals surface area contributed by atoms with Gasteiger partial charge in [-0.2, -0.15) is 0 Å². The van der Waals surface area contributed by atoms with Gasteiger partial charge in [-0.15, -0.1) is 0 Å². The van der Waals surface area contributed by atoms with Crippen LogP contribution in [-0.4, -0.2) is 37.7 Å². The smallest absolute Gasteiger partial charge is 0.328 e. The topological polar surface area (TPSA) is 104 Å². The van der Waals surface area contributed by atoms with E-state index < -0.39 is 15.8 Å². The second-order valence-corrected chi connectivity index (χ2v) is 12.3. The molecule has 0 radical (unpaired) electrons. The van der Waals surface area contributed by atoms with Crippen molar-refractivity contribution < 1.29 is 23.1 Å². The highest BCUT2D eigenvalue weighted by atomic mass is 32.2. The lowest BCUT2D eigenvalue weighted by Crippen LogP contribution is -2.36. The molecule has 0 spiro atoms. The molecule has 1 aliphatic heterocycles. The molecule has 8 heteroatoms. The number of hydrogen-bond acceptors (Lipinski definition) is 5. The Labute approximate surface area is 229 Å². The number of anilines is 2. The number of carboxylic acid groups (broad SMARTS) is 1. The van der Waals surface area contributed by atoms with Crippen LogP contribution < -0.4 is 10.2 Å². The summed E-state index contributed by atoms with van der Waals surface area (Å²) >= 11 is 0. The summed E-state index contributed by atoms with van der Waals surface area (Å²) in [5, 5.41) is 12.2. The van der Waals surface area contributed by atoms with Crippen molar-refractivity contribution in [3.63, 3.8) is 0 Å². The van der Waals surface area contributed by atoms with E-state index in [9.17, 15) is 18.0 Å². The highest BCUT2D eigenvalue weighted by molar-refractivity contribution is 7.91. The molecule has 3 aromatic rings. The summed E-state index contributed by atoms with van der Waals surface area (Å²) in [6, 6.07) is 20.7. The first-order chi connectivity index (χ1) is 18.8. The molecule has 1 fully saturated rings. The molecule has 3 aromatic carbocycles. The van der Waals surface area contributed by atoms with E-state index in [1.54, 1.807) is 11.0 Å². The molecule has 0 saturated heterocycles. The summed E-state index contributed by atoms with van der Waals surface area (Å²) in [7, 11) is -3.30. The van der Waals surface area contributed by atoms with E-state index >= 15 is 0 Å². The van der Waals surface area contributed by atoms with Crippen molar-refractivity contribution >= 4 is 39.2 Å². The minimum atomic E-state index is -3.30. The molecular formula is C31H32N2O5S. The van der Waals surface area contributed by atoms with Crippen molar-refractivity contribution in [2.45, 2.75) is 43.5 Å². The Morgan fingerprint density at radius 2 is 1.69 bits per heavy atom. The lowest BCUT2D eigenvalue weighted by atomic mass is 9.88. The number of sulfone groups is 1. The van der Waals surface area contributed by atoms with Gasteiger partial charge >= 0.3 is 5.97 Å². The maximum Gasteiger partial charge on any atom is 0.328 e. The van der Waals surface area contributed by atoms with Crippen LogP contribution in [0.4, 0.5) is 11.4 Å². The van der Waals surface area contributed by atoms with Crippen LogP contribution >= 0.6 is 0 Å². The number of nitrogens with one attached hydrogen (secondary N) is 1. The second kappa shape index (κ2) is 11.5. The van der Waals surface area contributed by atoms with Crippen LogP contribution in [0, 0.1) is 5.92 Å². The lowest BCUT2D eigenvalue weighted by molar-refractivity contribution is -0.131. The number of benzene rings is 3. The predicted molar refractivity (Wildman–Crippen MR) is 153 cm³/mol. The maximum absolute atomic E-state index is 13.7. The number of carbonyl (C=O) groups is 2. The Kier molecular flexibility index (Phi) is 7.84. The van der Waals surface area contributed by atoms with E-state index in [2.05, 4.69) is 5.32 Å². The summed E-state index contributed by atoms with van der Waals surface area (Å²) in [6.45, 7) is 0.794. The van der Waals surface area contributed by atoms with Gasteiger partial charge in [-0.25, -0.2) is 13.2 Å². The lowest BCUT2D eigenvalue weighted by Gasteiger charge is -2.30. The quantitative estimate of drug-likeness (QED) is 0.366. The number of amides is 1. The summed E-state index contributed by atoms with van der Waals surface area (Å²) < 4.78 is 25.1. The molecule has 5 rings (SSSR count). The van der Waals surface area contributed by atoms with E-state index in [1.165, 1.54) is 6.08 Å². The Morgan fingerprint density at radius 3 is 2.44 bits per heavy atom. The average molecular weight is 545 g/mol. The van der Waals surface area contributed by atoms with Crippen molar-refractivity contribution in [2.24, 2.45) is 5.92 Å². The summed E-state index contributed by atoms with van der Waals surface area (Å²) in [4.78, 5) is 26.8. The van der Waals surface area contributed by atoms with Crippen LogP contribution in [0.1, 0.15) is 43.2 Å². The van der Waals surface area contributed by atoms with Gasteiger partial charge in [0.05, 0.1) is 22.9 Å². The number of carbonyl (C=O) groups excluding carboxylic acids is 1. The van der Waals surface area contributed by atoms with E-state index in [0.29, 0.717) is 29.2 Å². The van der Waals surface area contributed by atoms with E-state index in [1.807, 2.05) is 60.7 Å². The first-order valence-electron chi connectivity index (χ1n) is 13.3. The van der Waals surface area contributed by atoms with Gasteiger partial charge in [-0.3, -0.25) is 4.79 Å². The van der Waals surface area contributed by atoms with Crippen molar-refractivity contribution in [1.82, 2.24) is 0 Å². The molecule has 0 bridgehead atoms. The van der Waals surface area contributed by atoms with Gasteiger partial charge < -0.3 is 15.3 Å². The molecular weight excluding hydrogens is 512 g/mol. The fourth-order valence-electron chi connectivity index (χ4n) is 5.35. The summed E-state index contributed by atoms with van der Waals surface area (Å²) in [6.07, 6.45) is 7.62. The second-order valence-electron chi connectivity index (χ2n) is 10.2. The minimum absolute atomic E-state index is 0.0257. The minimum Gasteiger partial charge on any atom is -0.478 e. The molecule has 1 amide bonds. The number of carboxylic acids is 1. The number of hydrogen-bond donors (Lipinski definition) is 2. The Bertz CT molecular complexity index is 1510. The SMILES string of the molecule is O=C(O)C=Cc1cccc(N(Cc2ccc(-c3ccc4c(c3)S(=O)(=O)CCN4)cc2)C(=O)C2CCCCC2)c1. The molecule has 1 aliphatic carbocycles. The number of fused-ring (bicyclic) bond motifs is 1. The molecule has 7 nitrogen and oxygen atoms in total. The van der Waals surface area contributed by atoms with Gasteiger partial charge in [0.1, 0.15) is 0 Å². The number of aliphatic carboxylic acids is 1. The normalized spacial score (nSPS) is 16.8. The molecule has 0 aromatic heterocycles. The van der Waals surface area contributed by atoms with Gasteiger partial charge in [0.15, 0.2) is 9.84 Å². The molecule has 1 heterocycles. The Balaban J connectivity index is 1.42. The van der Waals surface area contributed by atoms with Gasteiger partial charge in [0.2, 0.25) is 5.91 Å². The number of rotatable bonds is 7. The van der Waals surface area contributed by atoms with Crippen LogP contribution in [0.25, 0.3) is 17.2 Å². The van der Waals surface area contributed by atoms with Crippen molar-refractivity contribution in [3.8, 4) is 11.1 Å². The van der Waals surface area contributed by atoms with Crippen LogP contribution in [0.3, 0.4) is 0 Å². The zero-order chi connectivity index (χ0) is 27.4. The number of nitrogens with zero attached hydrogens (tertiary/aromatic N) is 1. The van der Waals surface area contributed by atoms with Gasteiger partial charge in [-0.05, 0) is 65.4 Å². The molecule has 2 aliphatic rings. The molecule has 1 saturated carbocycles. The van der Waals surface area contributed by atoms with Crippen LogP contribution in [0.5, 0.6) is 0 Å². The zero-order valence-corrected chi connectivity index (χ0v) is 22.5. The summed E-state index contributed by atoms with van der Waals surface area (Å²) in [5.74, 6) is -0.878. The van der Waals surface area contributed by atoms with Crippen molar-refractivity contribution in [1.29, 1.82) is 0 Å². The first kappa shape index (κ1) is 26.7. The monoisotopic (exact) mass is 544 g/mol.